The monoisotopic (exact) mass is 338 g/mol. The molecule has 0 aromatic carbocycles. The number of carbonyl (C=O) groups is 1. The highest BCUT2D eigenvalue weighted by Crippen LogP contribution is 2.36. The van der Waals surface area contributed by atoms with Gasteiger partial charge in [-0.1, -0.05) is 0 Å². The molecule has 1 atom stereocenters. The first-order valence-electron chi connectivity index (χ1n) is 8.73. The molecular formula is C17H26N2O5. The molecule has 0 bridgehead atoms. The van der Waals surface area contributed by atoms with Gasteiger partial charge in [-0.2, -0.15) is 0 Å². The third-order valence-electron chi connectivity index (χ3n) is 4.85. The predicted molar refractivity (Wildman–Crippen MR) is 85.8 cm³/mol. The van der Waals surface area contributed by atoms with Crippen LogP contribution in [0, 0.1) is 0 Å². The van der Waals surface area contributed by atoms with E-state index in [2.05, 4.69) is 4.98 Å². The zero-order chi connectivity index (χ0) is 16.8. The van der Waals surface area contributed by atoms with Gasteiger partial charge in [0.05, 0.1) is 24.9 Å². The lowest BCUT2D eigenvalue weighted by Crippen LogP contribution is -2.52. The Morgan fingerprint density at radius 1 is 1.42 bits per heavy atom. The van der Waals surface area contributed by atoms with Crippen LogP contribution in [0.2, 0.25) is 0 Å². The second-order valence-corrected chi connectivity index (χ2v) is 6.38. The fourth-order valence-corrected chi connectivity index (χ4v) is 3.49. The van der Waals surface area contributed by atoms with Crippen LogP contribution in [-0.4, -0.2) is 67.0 Å². The number of likely N-dealkylation sites (tertiary alicyclic amines) is 1. The molecule has 134 valence electrons. The average molecular weight is 338 g/mol. The van der Waals surface area contributed by atoms with Gasteiger partial charge in [-0.25, -0.2) is 4.98 Å². The standard InChI is InChI=1S/C17H26N2O5/c1-2-21-9-10-23-14-3-8-24-17(11-14)4-6-19(7-5-17)16(20)15-12-22-13-18-15/h12-14H,2-11H2,1H3. The number of oxazole rings is 1. The molecule has 3 heterocycles. The maximum absolute atomic E-state index is 12.3. The molecule has 1 unspecified atom stereocenters. The third-order valence-corrected chi connectivity index (χ3v) is 4.85. The SMILES string of the molecule is CCOCCOC1CCOC2(CCN(C(=O)c3cocn3)CC2)C1. The average Bonchev–Trinajstić information content (AvgIpc) is 3.14. The minimum atomic E-state index is -0.158. The van der Waals surface area contributed by atoms with Crippen LogP contribution >= 0.6 is 0 Å². The van der Waals surface area contributed by atoms with E-state index in [9.17, 15) is 4.79 Å². The van der Waals surface area contributed by atoms with Gasteiger partial charge >= 0.3 is 0 Å². The van der Waals surface area contributed by atoms with Crippen LogP contribution in [0.5, 0.6) is 0 Å². The minimum Gasteiger partial charge on any atom is -0.451 e. The Balaban J connectivity index is 1.48. The molecule has 1 amide bonds. The number of aromatic nitrogens is 1. The Morgan fingerprint density at radius 2 is 2.25 bits per heavy atom. The maximum atomic E-state index is 12.3. The number of hydrogen-bond donors (Lipinski definition) is 0. The van der Waals surface area contributed by atoms with E-state index >= 15 is 0 Å². The summed E-state index contributed by atoms with van der Waals surface area (Å²) < 4.78 is 22.3. The first kappa shape index (κ1) is 17.4. The van der Waals surface area contributed by atoms with E-state index in [1.54, 1.807) is 0 Å². The van der Waals surface area contributed by atoms with Gasteiger partial charge < -0.3 is 23.5 Å². The lowest BCUT2D eigenvalue weighted by atomic mass is 9.83. The second-order valence-electron chi connectivity index (χ2n) is 6.38. The van der Waals surface area contributed by atoms with E-state index in [4.69, 9.17) is 18.6 Å². The van der Waals surface area contributed by atoms with Crippen LogP contribution < -0.4 is 0 Å². The minimum absolute atomic E-state index is 0.0704. The van der Waals surface area contributed by atoms with Gasteiger partial charge in [-0.15, -0.1) is 0 Å². The van der Waals surface area contributed by atoms with Gasteiger partial charge in [0.25, 0.3) is 5.91 Å². The first-order chi connectivity index (χ1) is 11.7. The van der Waals surface area contributed by atoms with E-state index in [-0.39, 0.29) is 17.6 Å². The van der Waals surface area contributed by atoms with E-state index in [1.165, 1.54) is 12.7 Å². The van der Waals surface area contributed by atoms with Gasteiger partial charge in [0, 0.05) is 32.7 Å². The molecule has 2 fully saturated rings. The highest BCUT2D eigenvalue weighted by Gasteiger charge is 2.41. The normalized spacial score (nSPS) is 23.5. The molecule has 24 heavy (non-hydrogen) atoms. The number of carbonyl (C=O) groups excluding carboxylic acids is 1. The quantitative estimate of drug-likeness (QED) is 0.738. The fraction of sp³-hybridized carbons (Fsp3) is 0.765. The fourth-order valence-electron chi connectivity index (χ4n) is 3.49. The largest absolute Gasteiger partial charge is 0.451 e. The summed E-state index contributed by atoms with van der Waals surface area (Å²) in [6, 6.07) is 0. The predicted octanol–water partition coefficient (Wildman–Crippen LogP) is 1.88. The highest BCUT2D eigenvalue weighted by molar-refractivity contribution is 5.91. The molecule has 3 rings (SSSR count). The van der Waals surface area contributed by atoms with Crippen molar-refractivity contribution in [1.29, 1.82) is 0 Å². The molecule has 0 aliphatic carbocycles. The van der Waals surface area contributed by atoms with Crippen molar-refractivity contribution in [1.82, 2.24) is 9.88 Å². The summed E-state index contributed by atoms with van der Waals surface area (Å²) in [6.45, 7) is 6.05. The smallest absolute Gasteiger partial charge is 0.275 e. The molecule has 7 heteroatoms. The highest BCUT2D eigenvalue weighted by atomic mass is 16.5. The van der Waals surface area contributed by atoms with Crippen LogP contribution in [0.3, 0.4) is 0 Å². The van der Waals surface area contributed by atoms with Crippen molar-refractivity contribution in [3.8, 4) is 0 Å². The van der Waals surface area contributed by atoms with Crippen LogP contribution in [0.1, 0.15) is 43.1 Å². The van der Waals surface area contributed by atoms with E-state index in [0.717, 1.165) is 38.9 Å². The molecule has 2 saturated heterocycles. The molecule has 0 N–H and O–H groups in total. The lowest BCUT2D eigenvalue weighted by molar-refractivity contribution is -0.155. The zero-order valence-corrected chi connectivity index (χ0v) is 14.2. The molecule has 0 radical (unpaired) electrons. The van der Waals surface area contributed by atoms with Gasteiger partial charge in [-0.05, 0) is 26.2 Å². The summed E-state index contributed by atoms with van der Waals surface area (Å²) in [7, 11) is 0. The summed E-state index contributed by atoms with van der Waals surface area (Å²) in [6.07, 6.45) is 6.39. The Kier molecular flexibility index (Phi) is 5.86. The van der Waals surface area contributed by atoms with Crippen molar-refractivity contribution in [2.24, 2.45) is 0 Å². The Labute approximate surface area is 142 Å². The zero-order valence-electron chi connectivity index (χ0n) is 14.2. The van der Waals surface area contributed by atoms with Crippen molar-refractivity contribution in [2.75, 3.05) is 39.5 Å². The lowest BCUT2D eigenvalue weighted by Gasteiger charge is -2.45. The number of rotatable bonds is 6. The topological polar surface area (TPSA) is 74.0 Å². The number of ether oxygens (including phenoxy) is 3. The third kappa shape index (κ3) is 4.15. The maximum Gasteiger partial charge on any atom is 0.275 e. The van der Waals surface area contributed by atoms with Crippen LogP contribution in [0.25, 0.3) is 0 Å². The molecular weight excluding hydrogens is 312 g/mol. The molecule has 2 aliphatic rings. The van der Waals surface area contributed by atoms with Crippen molar-refractivity contribution < 1.29 is 23.4 Å². The van der Waals surface area contributed by atoms with Crippen LogP contribution in [-0.2, 0) is 14.2 Å². The number of amides is 1. The molecule has 1 aromatic heterocycles. The summed E-state index contributed by atoms with van der Waals surface area (Å²) >= 11 is 0. The van der Waals surface area contributed by atoms with E-state index in [1.807, 2.05) is 11.8 Å². The summed E-state index contributed by atoms with van der Waals surface area (Å²) in [4.78, 5) is 18.1. The molecule has 1 spiro atoms. The van der Waals surface area contributed by atoms with Gasteiger partial charge in [-0.3, -0.25) is 4.79 Å². The summed E-state index contributed by atoms with van der Waals surface area (Å²) in [5, 5.41) is 0. The molecule has 7 nitrogen and oxygen atoms in total. The molecule has 2 aliphatic heterocycles. The first-order valence-corrected chi connectivity index (χ1v) is 8.73. The Morgan fingerprint density at radius 3 is 2.96 bits per heavy atom. The number of hydrogen-bond acceptors (Lipinski definition) is 6. The molecule has 0 saturated carbocycles. The summed E-state index contributed by atoms with van der Waals surface area (Å²) in [5.41, 5.74) is 0.211. The van der Waals surface area contributed by atoms with Gasteiger partial charge in [0.1, 0.15) is 6.26 Å². The van der Waals surface area contributed by atoms with Crippen molar-refractivity contribution >= 4 is 5.91 Å². The van der Waals surface area contributed by atoms with Crippen LogP contribution in [0.4, 0.5) is 0 Å². The summed E-state index contributed by atoms with van der Waals surface area (Å²) in [5.74, 6) is -0.0704. The molecule has 1 aromatic rings. The van der Waals surface area contributed by atoms with Crippen LogP contribution in [0.15, 0.2) is 17.1 Å². The van der Waals surface area contributed by atoms with Gasteiger partial charge in [0.15, 0.2) is 12.1 Å². The van der Waals surface area contributed by atoms with Crippen molar-refractivity contribution in [3.63, 3.8) is 0 Å². The van der Waals surface area contributed by atoms with Crippen molar-refractivity contribution in [2.45, 2.75) is 44.3 Å². The number of piperidine rings is 1. The Bertz CT molecular complexity index is 511. The number of nitrogens with zero attached hydrogens (tertiary/aromatic N) is 2. The van der Waals surface area contributed by atoms with Gasteiger partial charge in [0.2, 0.25) is 0 Å². The second kappa shape index (κ2) is 8.09. The Hall–Kier alpha value is -1.44. The van der Waals surface area contributed by atoms with E-state index in [0.29, 0.717) is 32.0 Å². The van der Waals surface area contributed by atoms with E-state index < -0.39 is 0 Å². The van der Waals surface area contributed by atoms with Crippen molar-refractivity contribution in [3.05, 3.63) is 18.4 Å².